The Morgan fingerprint density at radius 1 is 1.28 bits per heavy atom. The zero-order valence-corrected chi connectivity index (χ0v) is 11.0. The summed E-state index contributed by atoms with van der Waals surface area (Å²) in [5, 5.41) is 3.98. The summed E-state index contributed by atoms with van der Waals surface area (Å²) in [5.74, 6) is 1.19. The first-order valence-electron chi connectivity index (χ1n) is 5.94. The van der Waals surface area contributed by atoms with E-state index < -0.39 is 0 Å². The fourth-order valence-electron chi connectivity index (χ4n) is 1.78. The smallest absolute Gasteiger partial charge is 0.247 e. The summed E-state index contributed by atoms with van der Waals surface area (Å²) in [7, 11) is 0. The Morgan fingerprint density at radius 2 is 1.94 bits per heavy atom. The first-order valence-corrected chi connectivity index (χ1v) is 5.94. The summed E-state index contributed by atoms with van der Waals surface area (Å²) in [6.45, 7) is 2.13. The third-order valence-electron chi connectivity index (χ3n) is 3.26. The van der Waals surface area contributed by atoms with Gasteiger partial charge in [0.05, 0.1) is 5.54 Å². The highest BCUT2D eigenvalue weighted by Gasteiger charge is 2.45. The van der Waals surface area contributed by atoms with Crippen LogP contribution in [0.3, 0.4) is 0 Å². The van der Waals surface area contributed by atoms with E-state index in [0.717, 1.165) is 24.8 Å². The van der Waals surface area contributed by atoms with Crippen LogP contribution in [0.4, 0.5) is 0 Å². The van der Waals surface area contributed by atoms with E-state index in [2.05, 4.69) is 29.2 Å². The molecule has 0 radical (unpaired) electrons. The standard InChI is InChI=1S/C13H15N3O.ClH/c1-2-9-3-5-10(6-4-9)11-15-12(17-16-11)13(14)7-8-13;/h3-6H,2,7-8,14H2,1H3;1H. The van der Waals surface area contributed by atoms with Gasteiger partial charge in [0.2, 0.25) is 11.7 Å². The van der Waals surface area contributed by atoms with Crippen LogP contribution in [0, 0.1) is 0 Å². The van der Waals surface area contributed by atoms with Crippen molar-refractivity contribution in [3.8, 4) is 11.4 Å². The summed E-state index contributed by atoms with van der Waals surface area (Å²) in [5.41, 5.74) is 7.93. The highest BCUT2D eigenvalue weighted by Crippen LogP contribution is 2.42. The average molecular weight is 266 g/mol. The zero-order chi connectivity index (χ0) is 11.9. The van der Waals surface area contributed by atoms with Gasteiger partial charge in [-0.25, -0.2) is 0 Å². The fourth-order valence-corrected chi connectivity index (χ4v) is 1.78. The Labute approximate surface area is 112 Å². The molecule has 1 heterocycles. The first kappa shape index (κ1) is 13.1. The molecule has 0 saturated heterocycles. The van der Waals surface area contributed by atoms with Gasteiger partial charge in [-0.3, -0.25) is 0 Å². The minimum atomic E-state index is -0.353. The van der Waals surface area contributed by atoms with E-state index in [0.29, 0.717) is 11.7 Å². The number of halogens is 1. The van der Waals surface area contributed by atoms with Gasteiger partial charge in [-0.1, -0.05) is 36.3 Å². The van der Waals surface area contributed by atoms with Crippen molar-refractivity contribution >= 4 is 12.4 Å². The molecule has 5 heteroatoms. The highest BCUT2D eigenvalue weighted by molar-refractivity contribution is 5.85. The van der Waals surface area contributed by atoms with E-state index in [1.165, 1.54) is 5.56 Å². The lowest BCUT2D eigenvalue weighted by molar-refractivity contribution is 0.348. The molecule has 96 valence electrons. The topological polar surface area (TPSA) is 64.9 Å². The van der Waals surface area contributed by atoms with Gasteiger partial charge in [0.15, 0.2) is 0 Å². The molecule has 1 fully saturated rings. The van der Waals surface area contributed by atoms with E-state index in [1.54, 1.807) is 0 Å². The first-order chi connectivity index (χ1) is 8.21. The second-order valence-corrected chi connectivity index (χ2v) is 4.63. The van der Waals surface area contributed by atoms with Crippen LogP contribution in [0.2, 0.25) is 0 Å². The van der Waals surface area contributed by atoms with Crippen molar-refractivity contribution in [3.63, 3.8) is 0 Å². The molecule has 0 aliphatic heterocycles. The maximum atomic E-state index is 6.01. The molecular formula is C13H16ClN3O. The lowest BCUT2D eigenvalue weighted by Crippen LogP contribution is -2.18. The third kappa shape index (κ3) is 2.26. The molecule has 4 nitrogen and oxygen atoms in total. The lowest BCUT2D eigenvalue weighted by Gasteiger charge is -1.99. The molecule has 1 saturated carbocycles. The van der Waals surface area contributed by atoms with Crippen LogP contribution in [0.15, 0.2) is 28.8 Å². The largest absolute Gasteiger partial charge is 0.337 e. The minimum absolute atomic E-state index is 0. The van der Waals surface area contributed by atoms with Crippen molar-refractivity contribution in [2.45, 2.75) is 31.7 Å². The number of benzene rings is 1. The molecule has 3 rings (SSSR count). The quantitative estimate of drug-likeness (QED) is 0.927. The van der Waals surface area contributed by atoms with Gasteiger partial charge in [-0.15, -0.1) is 12.4 Å². The van der Waals surface area contributed by atoms with Gasteiger partial charge in [-0.05, 0) is 24.8 Å². The second kappa shape index (κ2) is 4.71. The number of hydrogen-bond acceptors (Lipinski definition) is 4. The van der Waals surface area contributed by atoms with Crippen molar-refractivity contribution in [1.82, 2.24) is 10.1 Å². The molecule has 0 atom stereocenters. The molecule has 0 spiro atoms. The number of hydrogen-bond donors (Lipinski definition) is 1. The number of rotatable bonds is 3. The molecule has 0 amide bonds. The Hall–Kier alpha value is -1.39. The van der Waals surface area contributed by atoms with Gasteiger partial charge >= 0.3 is 0 Å². The van der Waals surface area contributed by atoms with Crippen LogP contribution < -0.4 is 5.73 Å². The zero-order valence-electron chi connectivity index (χ0n) is 10.2. The number of aromatic nitrogens is 2. The van der Waals surface area contributed by atoms with Crippen molar-refractivity contribution in [1.29, 1.82) is 0 Å². The van der Waals surface area contributed by atoms with Crippen molar-refractivity contribution in [2.75, 3.05) is 0 Å². The fraction of sp³-hybridized carbons (Fsp3) is 0.385. The van der Waals surface area contributed by atoms with Crippen LogP contribution in [0.5, 0.6) is 0 Å². The van der Waals surface area contributed by atoms with Crippen LogP contribution in [0.25, 0.3) is 11.4 Å². The van der Waals surface area contributed by atoms with Gasteiger partial charge in [0, 0.05) is 5.56 Å². The monoisotopic (exact) mass is 265 g/mol. The van der Waals surface area contributed by atoms with E-state index in [4.69, 9.17) is 10.3 Å². The van der Waals surface area contributed by atoms with Crippen LogP contribution in [-0.2, 0) is 12.0 Å². The maximum absolute atomic E-state index is 6.01. The molecule has 18 heavy (non-hydrogen) atoms. The molecule has 2 aromatic rings. The van der Waals surface area contributed by atoms with E-state index in [1.807, 2.05) is 12.1 Å². The van der Waals surface area contributed by atoms with E-state index in [9.17, 15) is 0 Å². The Kier molecular flexibility index (Phi) is 3.41. The number of aryl methyl sites for hydroxylation is 1. The molecule has 1 aliphatic carbocycles. The second-order valence-electron chi connectivity index (χ2n) is 4.63. The Bertz CT molecular complexity index is 531. The van der Waals surface area contributed by atoms with Crippen molar-refractivity contribution in [3.05, 3.63) is 35.7 Å². The highest BCUT2D eigenvalue weighted by atomic mass is 35.5. The molecule has 0 unspecified atom stereocenters. The van der Waals surface area contributed by atoms with Gasteiger partial charge in [0.25, 0.3) is 0 Å². The van der Waals surface area contributed by atoms with Crippen LogP contribution in [0.1, 0.15) is 31.2 Å². The molecular weight excluding hydrogens is 250 g/mol. The Morgan fingerprint density at radius 3 is 2.50 bits per heavy atom. The Balaban J connectivity index is 0.00000120. The number of nitrogens with zero attached hydrogens (tertiary/aromatic N) is 2. The van der Waals surface area contributed by atoms with Crippen molar-refractivity contribution < 1.29 is 4.52 Å². The molecule has 2 N–H and O–H groups in total. The predicted octanol–water partition coefficient (Wildman–Crippen LogP) is 2.67. The maximum Gasteiger partial charge on any atom is 0.247 e. The lowest BCUT2D eigenvalue weighted by atomic mass is 10.1. The summed E-state index contributed by atoms with van der Waals surface area (Å²) in [6.07, 6.45) is 2.90. The SMILES string of the molecule is CCc1ccc(-c2noc(C3(N)CC3)n2)cc1.Cl. The molecule has 1 aromatic carbocycles. The summed E-state index contributed by atoms with van der Waals surface area (Å²) in [6, 6.07) is 8.20. The third-order valence-corrected chi connectivity index (χ3v) is 3.26. The van der Waals surface area contributed by atoms with Crippen LogP contribution >= 0.6 is 12.4 Å². The predicted molar refractivity (Wildman–Crippen MR) is 71.5 cm³/mol. The van der Waals surface area contributed by atoms with Gasteiger partial charge < -0.3 is 10.3 Å². The van der Waals surface area contributed by atoms with E-state index in [-0.39, 0.29) is 17.9 Å². The van der Waals surface area contributed by atoms with Gasteiger partial charge in [0.1, 0.15) is 0 Å². The van der Waals surface area contributed by atoms with E-state index >= 15 is 0 Å². The molecule has 1 aromatic heterocycles. The summed E-state index contributed by atoms with van der Waals surface area (Å²) in [4.78, 5) is 4.37. The molecule has 0 bridgehead atoms. The normalized spacial score (nSPS) is 16.1. The van der Waals surface area contributed by atoms with Crippen molar-refractivity contribution in [2.24, 2.45) is 5.73 Å². The van der Waals surface area contributed by atoms with Gasteiger partial charge in [-0.2, -0.15) is 4.98 Å². The summed E-state index contributed by atoms with van der Waals surface area (Å²) >= 11 is 0. The number of nitrogens with two attached hydrogens (primary N) is 1. The molecule has 1 aliphatic rings. The van der Waals surface area contributed by atoms with Crippen LogP contribution in [-0.4, -0.2) is 10.1 Å². The average Bonchev–Trinajstić information content (AvgIpc) is 2.94. The minimum Gasteiger partial charge on any atom is -0.337 e. The summed E-state index contributed by atoms with van der Waals surface area (Å²) < 4.78 is 5.22.